The molecule has 1 heterocycles. The molecule has 0 amide bonds. The summed E-state index contributed by atoms with van der Waals surface area (Å²) in [6.07, 6.45) is 3.73. The quantitative estimate of drug-likeness (QED) is 0.234. The molecule has 0 aliphatic rings. The molecule has 0 saturated carbocycles. The molecule has 0 bridgehead atoms. The van der Waals surface area contributed by atoms with Crippen LogP contribution in [0, 0.1) is 6.92 Å². The molecule has 6 aromatic carbocycles. The fraction of sp³-hybridized carbons (Fsp3) is 0.0278. The maximum atomic E-state index is 4.22. The highest BCUT2D eigenvalue weighted by Gasteiger charge is 2.18. The van der Waals surface area contributed by atoms with Crippen molar-refractivity contribution in [3.05, 3.63) is 139 Å². The molecule has 0 spiro atoms. The summed E-state index contributed by atoms with van der Waals surface area (Å²) >= 11 is 0. The van der Waals surface area contributed by atoms with Gasteiger partial charge in [0.05, 0.1) is 0 Å². The van der Waals surface area contributed by atoms with Gasteiger partial charge in [0.25, 0.3) is 0 Å². The summed E-state index contributed by atoms with van der Waals surface area (Å²) in [6, 6.07) is 44.0. The van der Waals surface area contributed by atoms with E-state index in [0.717, 1.165) is 0 Å². The zero-order valence-electron chi connectivity index (χ0n) is 20.6. The van der Waals surface area contributed by atoms with E-state index in [4.69, 9.17) is 0 Å². The largest absolute Gasteiger partial charge is 0.265 e. The average Bonchev–Trinajstić information content (AvgIpc) is 2.96. The van der Waals surface area contributed by atoms with E-state index >= 15 is 0 Å². The van der Waals surface area contributed by atoms with Crippen LogP contribution in [0.4, 0.5) is 0 Å². The summed E-state index contributed by atoms with van der Waals surface area (Å²) in [7, 11) is 0. The van der Waals surface area contributed by atoms with Crippen molar-refractivity contribution in [3.8, 4) is 33.4 Å². The summed E-state index contributed by atoms with van der Waals surface area (Å²) in [5.74, 6) is 0. The molecule has 37 heavy (non-hydrogen) atoms. The van der Waals surface area contributed by atoms with E-state index in [-0.39, 0.29) is 0 Å². The van der Waals surface area contributed by atoms with Crippen LogP contribution in [0.3, 0.4) is 0 Å². The molecule has 1 aromatic heterocycles. The molecule has 7 rings (SSSR count). The molecule has 174 valence electrons. The van der Waals surface area contributed by atoms with Crippen molar-refractivity contribution in [1.29, 1.82) is 0 Å². The summed E-state index contributed by atoms with van der Waals surface area (Å²) in [6.45, 7) is 2.24. The fourth-order valence-corrected chi connectivity index (χ4v) is 5.83. The van der Waals surface area contributed by atoms with Crippen LogP contribution < -0.4 is 0 Å². The predicted molar refractivity (Wildman–Crippen MR) is 158 cm³/mol. The van der Waals surface area contributed by atoms with Crippen LogP contribution >= 0.6 is 0 Å². The number of hydrogen-bond acceptors (Lipinski definition) is 1. The van der Waals surface area contributed by atoms with E-state index in [1.807, 2.05) is 12.4 Å². The molecule has 0 N–H and O–H groups in total. The molecule has 0 radical (unpaired) electrons. The number of fused-ring (bicyclic) bond motifs is 3. The lowest BCUT2D eigenvalue weighted by Crippen LogP contribution is -1.94. The van der Waals surface area contributed by atoms with E-state index in [1.165, 1.54) is 71.3 Å². The van der Waals surface area contributed by atoms with E-state index in [9.17, 15) is 0 Å². The van der Waals surface area contributed by atoms with Gasteiger partial charge in [0.15, 0.2) is 0 Å². The third-order valence-electron chi connectivity index (χ3n) is 7.56. The molecule has 0 fully saturated rings. The Bertz CT molecular complexity index is 1880. The Kier molecular flexibility index (Phi) is 5.08. The van der Waals surface area contributed by atoms with Crippen molar-refractivity contribution in [1.82, 2.24) is 4.98 Å². The topological polar surface area (TPSA) is 12.9 Å². The second-order valence-electron chi connectivity index (χ2n) is 9.62. The second kappa shape index (κ2) is 8.72. The van der Waals surface area contributed by atoms with Gasteiger partial charge in [-0.2, -0.15) is 0 Å². The second-order valence-corrected chi connectivity index (χ2v) is 9.62. The summed E-state index contributed by atoms with van der Waals surface area (Å²) in [5, 5.41) is 7.64. The van der Waals surface area contributed by atoms with Gasteiger partial charge in [-0.05, 0) is 96.4 Å². The smallest absolute Gasteiger partial charge is 0.0273 e. The van der Waals surface area contributed by atoms with Gasteiger partial charge in [-0.3, -0.25) is 4.98 Å². The number of hydrogen-bond donors (Lipinski definition) is 0. The van der Waals surface area contributed by atoms with E-state index in [2.05, 4.69) is 133 Å². The molecule has 0 aliphatic carbocycles. The fourth-order valence-electron chi connectivity index (χ4n) is 5.83. The van der Waals surface area contributed by atoms with E-state index < -0.39 is 0 Å². The van der Waals surface area contributed by atoms with Crippen molar-refractivity contribution in [2.45, 2.75) is 6.92 Å². The minimum Gasteiger partial charge on any atom is -0.265 e. The van der Waals surface area contributed by atoms with E-state index in [1.54, 1.807) is 0 Å². The lowest BCUT2D eigenvalue weighted by atomic mass is 9.83. The molecular formula is C36H25N. The molecular weight excluding hydrogens is 446 g/mol. The van der Waals surface area contributed by atoms with Gasteiger partial charge < -0.3 is 0 Å². The highest BCUT2D eigenvalue weighted by atomic mass is 14.6. The third-order valence-corrected chi connectivity index (χ3v) is 7.56. The van der Waals surface area contributed by atoms with Crippen molar-refractivity contribution in [2.24, 2.45) is 0 Å². The van der Waals surface area contributed by atoms with Gasteiger partial charge >= 0.3 is 0 Å². The van der Waals surface area contributed by atoms with Crippen LogP contribution in [0.5, 0.6) is 0 Å². The summed E-state index contributed by atoms with van der Waals surface area (Å²) in [4.78, 5) is 4.22. The Morgan fingerprint density at radius 3 is 1.68 bits per heavy atom. The average molecular weight is 472 g/mol. The maximum Gasteiger partial charge on any atom is 0.0273 e. The third kappa shape index (κ3) is 3.51. The monoisotopic (exact) mass is 471 g/mol. The van der Waals surface area contributed by atoms with Crippen LogP contribution in [0.1, 0.15) is 5.56 Å². The normalized spacial score (nSPS) is 11.4. The van der Waals surface area contributed by atoms with Gasteiger partial charge in [-0.25, -0.2) is 0 Å². The first-order chi connectivity index (χ1) is 18.3. The van der Waals surface area contributed by atoms with Crippen molar-refractivity contribution >= 4 is 32.3 Å². The Labute approximate surface area is 216 Å². The van der Waals surface area contributed by atoms with Crippen molar-refractivity contribution in [2.75, 3.05) is 0 Å². The Morgan fingerprint density at radius 1 is 0.432 bits per heavy atom. The molecule has 0 saturated heterocycles. The number of rotatable bonds is 3. The summed E-state index contributed by atoms with van der Waals surface area (Å²) < 4.78 is 0. The molecule has 7 aromatic rings. The first-order valence-corrected chi connectivity index (χ1v) is 12.7. The zero-order chi connectivity index (χ0) is 24.8. The van der Waals surface area contributed by atoms with Crippen LogP contribution in [-0.2, 0) is 0 Å². The summed E-state index contributed by atoms with van der Waals surface area (Å²) in [5.41, 5.74) is 8.82. The molecule has 0 unspecified atom stereocenters. The zero-order valence-corrected chi connectivity index (χ0v) is 20.6. The maximum absolute atomic E-state index is 4.22. The number of benzene rings is 6. The minimum absolute atomic E-state index is 1.19. The SMILES string of the molecule is Cc1c(-c2ccncc2)cccc1-c1c2ccccc2c(-c2ccc3ccccc3c2)c2ccccc12. The first kappa shape index (κ1) is 21.5. The van der Waals surface area contributed by atoms with Crippen LogP contribution in [0.25, 0.3) is 65.7 Å². The molecule has 1 nitrogen and oxygen atoms in total. The first-order valence-electron chi connectivity index (χ1n) is 12.7. The van der Waals surface area contributed by atoms with Gasteiger partial charge in [-0.15, -0.1) is 0 Å². The highest BCUT2D eigenvalue weighted by molar-refractivity contribution is 6.22. The lowest BCUT2D eigenvalue weighted by Gasteiger charge is -2.20. The molecule has 0 atom stereocenters. The Hall–Kier alpha value is -4.75. The van der Waals surface area contributed by atoms with Crippen molar-refractivity contribution < 1.29 is 0 Å². The minimum atomic E-state index is 1.19. The Morgan fingerprint density at radius 2 is 1.00 bits per heavy atom. The van der Waals surface area contributed by atoms with Crippen LogP contribution in [0.15, 0.2) is 134 Å². The number of aromatic nitrogens is 1. The van der Waals surface area contributed by atoms with Gasteiger partial charge in [0.2, 0.25) is 0 Å². The number of pyridine rings is 1. The van der Waals surface area contributed by atoms with E-state index in [0.29, 0.717) is 0 Å². The molecule has 0 aliphatic heterocycles. The standard InChI is InChI=1S/C36H25N/c1-24-29(26-19-21-37-22-20-26)15-8-16-30(24)36-33-13-6-4-11-31(33)35(32-12-5-7-14-34(32)36)28-18-17-25-9-2-3-10-27(25)23-28/h2-23H,1H3. The predicted octanol–water partition coefficient (Wildman–Crippen LogP) is 9.85. The highest BCUT2D eigenvalue weighted by Crippen LogP contribution is 2.45. The van der Waals surface area contributed by atoms with Gasteiger partial charge in [-0.1, -0.05) is 103 Å². The van der Waals surface area contributed by atoms with Gasteiger partial charge in [0.1, 0.15) is 0 Å². The van der Waals surface area contributed by atoms with Crippen LogP contribution in [0.2, 0.25) is 0 Å². The molecule has 1 heteroatoms. The Balaban J connectivity index is 1.58. The van der Waals surface area contributed by atoms with Crippen LogP contribution in [-0.4, -0.2) is 4.98 Å². The van der Waals surface area contributed by atoms with Crippen molar-refractivity contribution in [3.63, 3.8) is 0 Å². The van der Waals surface area contributed by atoms with Gasteiger partial charge in [0, 0.05) is 12.4 Å². The number of nitrogens with zero attached hydrogens (tertiary/aromatic N) is 1. The lowest BCUT2D eigenvalue weighted by molar-refractivity contribution is 1.32.